The molecular weight excluding hydrogens is 404 g/mol. The number of allylic oxidation sites excluding steroid dienone is 1. The summed E-state index contributed by atoms with van der Waals surface area (Å²) in [7, 11) is 1.54. The maximum atomic E-state index is 13.4. The molecule has 8 heteroatoms. The van der Waals surface area contributed by atoms with Gasteiger partial charge in [-0.15, -0.1) is 0 Å². The summed E-state index contributed by atoms with van der Waals surface area (Å²) in [5, 5.41) is 31.6. The summed E-state index contributed by atoms with van der Waals surface area (Å²) >= 11 is 0. The maximum absolute atomic E-state index is 13.4. The van der Waals surface area contributed by atoms with E-state index in [4.69, 9.17) is 18.9 Å². The van der Waals surface area contributed by atoms with E-state index < -0.39 is 36.0 Å². The lowest BCUT2D eigenvalue weighted by atomic mass is 9.78. The molecule has 0 saturated carbocycles. The number of hydrogen-bond acceptors (Lipinski definition) is 8. The third-order valence-corrected chi connectivity index (χ3v) is 6.42. The Kier molecular flexibility index (Phi) is 4.58. The van der Waals surface area contributed by atoms with Crippen molar-refractivity contribution in [3.63, 3.8) is 0 Å². The fourth-order valence-electron chi connectivity index (χ4n) is 4.81. The standard InChI is InChI=1S/C23H26O8/c1-23(2,27)7-6-10-4-5-12(24)17-20(26)18-14(29-21(10)17)9-13-16(19(18)25)11-8-15(28-3)31-22(11)30-13/h4-5,9,11,14-15,18,22,24-25,27H,6-8H2,1-3H3/t11-,14?,15+,18?,22-/m0/s1. The first-order valence-electron chi connectivity index (χ1n) is 10.5. The van der Waals surface area contributed by atoms with E-state index >= 15 is 0 Å². The third kappa shape index (κ3) is 3.21. The quantitative estimate of drug-likeness (QED) is 0.668. The number of carbonyl (C=O) groups is 1. The van der Waals surface area contributed by atoms with Gasteiger partial charge in [-0.25, -0.2) is 0 Å². The zero-order chi connectivity index (χ0) is 22.1. The fraction of sp³-hybridized carbons (Fsp3) is 0.522. The Hall–Kier alpha value is -2.55. The molecule has 2 saturated heterocycles. The molecular formula is C23H26O8. The Morgan fingerprint density at radius 3 is 2.71 bits per heavy atom. The number of benzene rings is 1. The summed E-state index contributed by atoms with van der Waals surface area (Å²) in [6.45, 7) is 3.42. The highest BCUT2D eigenvalue weighted by Crippen LogP contribution is 2.51. The molecule has 2 unspecified atom stereocenters. The average molecular weight is 430 g/mol. The van der Waals surface area contributed by atoms with Crippen LogP contribution >= 0.6 is 0 Å². The van der Waals surface area contributed by atoms with Crippen LogP contribution in [0, 0.1) is 11.8 Å². The third-order valence-electron chi connectivity index (χ3n) is 6.42. The predicted octanol–water partition coefficient (Wildman–Crippen LogP) is 2.73. The van der Waals surface area contributed by atoms with Crippen LogP contribution in [0.3, 0.4) is 0 Å². The van der Waals surface area contributed by atoms with Gasteiger partial charge in [0, 0.05) is 19.1 Å². The first-order chi connectivity index (χ1) is 14.7. The van der Waals surface area contributed by atoms with Gasteiger partial charge in [0.1, 0.15) is 40.6 Å². The molecule has 5 atom stereocenters. The molecule has 1 aromatic rings. The Labute approximate surface area is 179 Å². The van der Waals surface area contributed by atoms with Gasteiger partial charge in [0.2, 0.25) is 6.29 Å². The minimum Gasteiger partial charge on any atom is -0.511 e. The Morgan fingerprint density at radius 1 is 1.23 bits per heavy atom. The number of rotatable bonds is 4. The molecule has 0 bridgehead atoms. The second kappa shape index (κ2) is 6.98. The molecule has 0 spiro atoms. The first kappa shape index (κ1) is 20.4. The van der Waals surface area contributed by atoms with Gasteiger partial charge >= 0.3 is 0 Å². The summed E-state index contributed by atoms with van der Waals surface area (Å²) in [6, 6.07) is 3.15. The van der Waals surface area contributed by atoms with Crippen LogP contribution in [0.15, 0.2) is 35.3 Å². The molecule has 4 aliphatic rings. The maximum Gasteiger partial charge on any atom is 0.209 e. The highest BCUT2D eigenvalue weighted by Gasteiger charge is 2.54. The summed E-state index contributed by atoms with van der Waals surface area (Å²) < 4.78 is 23.0. The average Bonchev–Trinajstić information content (AvgIpc) is 3.23. The van der Waals surface area contributed by atoms with Crippen molar-refractivity contribution in [2.45, 2.75) is 57.4 Å². The lowest BCUT2D eigenvalue weighted by Gasteiger charge is -2.35. The number of Topliss-reactive ketones (excluding diaryl/α,β-unsaturated/α-hetero) is 1. The number of ether oxygens (including phenoxy) is 4. The van der Waals surface area contributed by atoms with Gasteiger partial charge in [0.25, 0.3) is 0 Å². The first-order valence-corrected chi connectivity index (χ1v) is 10.5. The Bertz CT molecular complexity index is 1000. The van der Waals surface area contributed by atoms with Crippen molar-refractivity contribution in [1.29, 1.82) is 0 Å². The molecule has 0 aromatic heterocycles. The van der Waals surface area contributed by atoms with Gasteiger partial charge in [-0.2, -0.15) is 0 Å². The number of fused-ring (bicyclic) bond motifs is 5. The normalized spacial score (nSPS) is 31.3. The van der Waals surface area contributed by atoms with Crippen LogP contribution < -0.4 is 4.74 Å². The molecule has 3 heterocycles. The van der Waals surface area contributed by atoms with Crippen molar-refractivity contribution in [3.8, 4) is 11.5 Å². The van der Waals surface area contributed by atoms with Crippen molar-refractivity contribution in [2.75, 3.05) is 7.11 Å². The van der Waals surface area contributed by atoms with E-state index in [0.717, 1.165) is 0 Å². The van der Waals surface area contributed by atoms with E-state index in [1.807, 2.05) is 0 Å². The lowest BCUT2D eigenvalue weighted by molar-refractivity contribution is -0.177. The van der Waals surface area contributed by atoms with Gasteiger partial charge in [0.15, 0.2) is 12.1 Å². The largest absolute Gasteiger partial charge is 0.511 e. The smallest absolute Gasteiger partial charge is 0.209 e. The Balaban J connectivity index is 1.52. The van der Waals surface area contributed by atoms with E-state index in [-0.39, 0.29) is 28.7 Å². The number of carbonyl (C=O) groups excluding carboxylic acids is 1. The van der Waals surface area contributed by atoms with Crippen LogP contribution in [0.25, 0.3) is 0 Å². The van der Waals surface area contributed by atoms with Gasteiger partial charge in [-0.3, -0.25) is 4.79 Å². The van der Waals surface area contributed by atoms with E-state index in [2.05, 4.69) is 0 Å². The van der Waals surface area contributed by atoms with E-state index in [1.54, 1.807) is 33.1 Å². The highest BCUT2D eigenvalue weighted by atomic mass is 16.8. The number of aliphatic hydroxyl groups is 2. The molecule has 5 rings (SSSR count). The number of aromatic hydroxyl groups is 1. The molecule has 0 amide bonds. The topological polar surface area (TPSA) is 115 Å². The van der Waals surface area contributed by atoms with Gasteiger partial charge < -0.3 is 34.3 Å². The molecule has 3 N–H and O–H groups in total. The number of phenolic OH excluding ortho intramolecular Hbond substituents is 1. The number of aliphatic hydroxyl groups excluding tert-OH is 1. The molecule has 2 fully saturated rings. The molecule has 3 aliphatic heterocycles. The van der Waals surface area contributed by atoms with Crippen LogP contribution in [0.4, 0.5) is 0 Å². The number of phenols is 1. The van der Waals surface area contributed by atoms with Crippen molar-refractivity contribution >= 4 is 5.78 Å². The summed E-state index contributed by atoms with van der Waals surface area (Å²) in [5.41, 5.74) is 0.435. The van der Waals surface area contributed by atoms with E-state index in [1.165, 1.54) is 6.07 Å². The number of aryl methyl sites for hydroxylation is 1. The number of hydrogen-bond donors (Lipinski definition) is 3. The van der Waals surface area contributed by atoms with Crippen molar-refractivity contribution < 1.29 is 39.1 Å². The van der Waals surface area contributed by atoms with Crippen LogP contribution in [-0.4, -0.2) is 52.5 Å². The van der Waals surface area contributed by atoms with Crippen molar-refractivity contribution in [2.24, 2.45) is 11.8 Å². The number of methoxy groups -OCH3 is 1. The minimum atomic E-state index is -0.967. The molecule has 0 radical (unpaired) electrons. The Morgan fingerprint density at radius 2 is 2.00 bits per heavy atom. The molecule has 31 heavy (non-hydrogen) atoms. The van der Waals surface area contributed by atoms with Crippen LogP contribution in [-0.2, 0) is 20.6 Å². The van der Waals surface area contributed by atoms with Gasteiger partial charge in [-0.1, -0.05) is 6.07 Å². The molecule has 8 nitrogen and oxygen atoms in total. The van der Waals surface area contributed by atoms with Gasteiger partial charge in [-0.05, 0) is 44.4 Å². The zero-order valence-corrected chi connectivity index (χ0v) is 17.6. The molecule has 166 valence electrons. The lowest BCUT2D eigenvalue weighted by Crippen LogP contribution is -2.41. The predicted molar refractivity (Wildman–Crippen MR) is 108 cm³/mol. The SMILES string of the molecule is CO[C@H]1C[C@H]2C3=C(O)C4C(=O)c5c(O)ccc(CCC(C)(C)O)c5OC4C=C3O[C@H]2O1. The van der Waals surface area contributed by atoms with Crippen molar-refractivity contribution in [1.82, 2.24) is 0 Å². The van der Waals surface area contributed by atoms with E-state index in [9.17, 15) is 20.1 Å². The second-order valence-electron chi connectivity index (χ2n) is 9.14. The second-order valence-corrected chi connectivity index (χ2v) is 9.14. The van der Waals surface area contributed by atoms with Crippen LogP contribution in [0.5, 0.6) is 11.5 Å². The minimum absolute atomic E-state index is 0.0615. The summed E-state index contributed by atoms with van der Waals surface area (Å²) in [6.07, 6.45) is 1.35. The molecule has 1 aromatic carbocycles. The van der Waals surface area contributed by atoms with Gasteiger partial charge in [0.05, 0.1) is 11.5 Å². The van der Waals surface area contributed by atoms with E-state index in [0.29, 0.717) is 36.2 Å². The summed E-state index contributed by atoms with van der Waals surface area (Å²) in [5.74, 6) is -1.16. The zero-order valence-electron chi connectivity index (χ0n) is 17.6. The highest BCUT2D eigenvalue weighted by molar-refractivity contribution is 6.06. The fourth-order valence-corrected chi connectivity index (χ4v) is 4.81. The monoisotopic (exact) mass is 430 g/mol. The van der Waals surface area contributed by atoms with Crippen LogP contribution in [0.2, 0.25) is 0 Å². The molecule has 1 aliphatic carbocycles. The van der Waals surface area contributed by atoms with Crippen LogP contribution in [0.1, 0.15) is 42.6 Å². The summed E-state index contributed by atoms with van der Waals surface area (Å²) in [4.78, 5) is 13.4. The number of ketones is 1. The van der Waals surface area contributed by atoms with Crippen molar-refractivity contribution in [3.05, 3.63) is 46.4 Å².